The number of likely N-dealkylation sites (tertiary alicyclic amines) is 1. The number of aromatic nitrogens is 1. The van der Waals surface area contributed by atoms with Gasteiger partial charge in [0.2, 0.25) is 0 Å². The zero-order valence-electron chi connectivity index (χ0n) is 9.47. The van der Waals surface area contributed by atoms with E-state index in [0.29, 0.717) is 6.54 Å². The molecule has 1 aromatic rings. The van der Waals surface area contributed by atoms with Gasteiger partial charge in [-0.3, -0.25) is 9.88 Å². The van der Waals surface area contributed by atoms with Gasteiger partial charge in [0.05, 0.1) is 11.8 Å². The smallest absolute Gasteiger partial charge is 0.0667 e. The standard InChI is InChI=1S/C12H19N3O/c13-7-11-6-10(3-4-14-11)8-15-5-1-2-12(16)9-15/h3-4,6,12,16H,1-2,5,7-9,13H2. The first-order chi connectivity index (χ1) is 7.78. The second kappa shape index (κ2) is 5.39. The number of aliphatic hydroxyl groups excluding tert-OH is 1. The van der Waals surface area contributed by atoms with E-state index in [1.54, 1.807) is 6.20 Å². The van der Waals surface area contributed by atoms with Gasteiger partial charge in [-0.25, -0.2) is 0 Å². The molecule has 3 N–H and O–H groups in total. The number of hydrogen-bond donors (Lipinski definition) is 2. The summed E-state index contributed by atoms with van der Waals surface area (Å²) in [6, 6.07) is 4.06. The molecule has 1 unspecified atom stereocenters. The molecule has 1 saturated heterocycles. The van der Waals surface area contributed by atoms with Crippen LogP contribution in [0.2, 0.25) is 0 Å². The molecule has 0 aromatic carbocycles. The van der Waals surface area contributed by atoms with Gasteiger partial charge in [0.1, 0.15) is 0 Å². The molecule has 88 valence electrons. The van der Waals surface area contributed by atoms with Crippen LogP contribution in [0, 0.1) is 0 Å². The third-order valence-corrected chi connectivity index (χ3v) is 2.98. The average Bonchev–Trinajstić information content (AvgIpc) is 2.29. The number of nitrogens with zero attached hydrogens (tertiary/aromatic N) is 2. The fourth-order valence-corrected chi connectivity index (χ4v) is 2.17. The Labute approximate surface area is 96.1 Å². The summed E-state index contributed by atoms with van der Waals surface area (Å²) in [6.07, 6.45) is 3.65. The Kier molecular flexibility index (Phi) is 3.88. The van der Waals surface area contributed by atoms with E-state index in [1.807, 2.05) is 12.1 Å². The second-order valence-corrected chi connectivity index (χ2v) is 4.39. The molecule has 4 heteroatoms. The Hall–Kier alpha value is -0.970. The van der Waals surface area contributed by atoms with Crippen molar-refractivity contribution in [2.45, 2.75) is 32.0 Å². The first-order valence-electron chi connectivity index (χ1n) is 5.82. The summed E-state index contributed by atoms with van der Waals surface area (Å²) in [4.78, 5) is 6.45. The number of pyridine rings is 1. The van der Waals surface area contributed by atoms with Gasteiger partial charge < -0.3 is 10.8 Å². The summed E-state index contributed by atoms with van der Waals surface area (Å²) < 4.78 is 0. The number of β-amino-alcohol motifs (C(OH)–C–C–N with tert-alkyl or cyclic N) is 1. The van der Waals surface area contributed by atoms with Crippen LogP contribution in [0.4, 0.5) is 0 Å². The summed E-state index contributed by atoms with van der Waals surface area (Å²) in [7, 11) is 0. The van der Waals surface area contributed by atoms with Crippen LogP contribution in [-0.4, -0.2) is 34.2 Å². The first-order valence-corrected chi connectivity index (χ1v) is 5.82. The summed E-state index contributed by atoms with van der Waals surface area (Å²) in [5.41, 5.74) is 7.71. The largest absolute Gasteiger partial charge is 0.392 e. The van der Waals surface area contributed by atoms with Crippen molar-refractivity contribution in [1.29, 1.82) is 0 Å². The summed E-state index contributed by atoms with van der Waals surface area (Å²) in [5.74, 6) is 0. The molecule has 1 atom stereocenters. The summed E-state index contributed by atoms with van der Waals surface area (Å²) >= 11 is 0. The lowest BCUT2D eigenvalue weighted by atomic mass is 10.1. The number of hydrogen-bond acceptors (Lipinski definition) is 4. The van der Waals surface area contributed by atoms with E-state index >= 15 is 0 Å². The zero-order chi connectivity index (χ0) is 11.4. The highest BCUT2D eigenvalue weighted by Crippen LogP contribution is 2.13. The molecule has 0 radical (unpaired) electrons. The van der Waals surface area contributed by atoms with E-state index in [0.717, 1.165) is 38.2 Å². The van der Waals surface area contributed by atoms with Crippen LogP contribution in [-0.2, 0) is 13.1 Å². The highest BCUT2D eigenvalue weighted by molar-refractivity contribution is 5.16. The van der Waals surface area contributed by atoms with Crippen molar-refractivity contribution >= 4 is 0 Å². The van der Waals surface area contributed by atoms with Crippen LogP contribution < -0.4 is 5.73 Å². The Balaban J connectivity index is 1.97. The van der Waals surface area contributed by atoms with Gasteiger partial charge >= 0.3 is 0 Å². The predicted molar refractivity (Wildman–Crippen MR) is 62.6 cm³/mol. The van der Waals surface area contributed by atoms with Crippen molar-refractivity contribution < 1.29 is 5.11 Å². The van der Waals surface area contributed by atoms with Crippen molar-refractivity contribution in [2.75, 3.05) is 13.1 Å². The fraction of sp³-hybridized carbons (Fsp3) is 0.583. The van der Waals surface area contributed by atoms with Crippen LogP contribution in [0.3, 0.4) is 0 Å². The fourth-order valence-electron chi connectivity index (χ4n) is 2.17. The maximum absolute atomic E-state index is 9.58. The molecule has 1 aliphatic heterocycles. The van der Waals surface area contributed by atoms with Gasteiger partial charge in [0.25, 0.3) is 0 Å². The van der Waals surface area contributed by atoms with Crippen molar-refractivity contribution in [2.24, 2.45) is 5.73 Å². The van der Waals surface area contributed by atoms with Gasteiger partial charge in [-0.1, -0.05) is 0 Å². The van der Waals surface area contributed by atoms with E-state index in [4.69, 9.17) is 5.73 Å². The lowest BCUT2D eigenvalue weighted by molar-refractivity contribution is 0.0668. The second-order valence-electron chi connectivity index (χ2n) is 4.39. The van der Waals surface area contributed by atoms with E-state index in [9.17, 15) is 5.11 Å². The molecule has 2 heterocycles. The van der Waals surface area contributed by atoms with Gasteiger partial charge in [-0.05, 0) is 37.1 Å². The van der Waals surface area contributed by atoms with Gasteiger partial charge in [-0.15, -0.1) is 0 Å². The SMILES string of the molecule is NCc1cc(CN2CCCC(O)C2)ccn1. The van der Waals surface area contributed by atoms with Crippen molar-refractivity contribution in [3.63, 3.8) is 0 Å². The minimum atomic E-state index is -0.162. The highest BCUT2D eigenvalue weighted by Gasteiger charge is 2.17. The van der Waals surface area contributed by atoms with Crippen LogP contribution in [0.1, 0.15) is 24.1 Å². The molecule has 1 aliphatic rings. The van der Waals surface area contributed by atoms with E-state index in [-0.39, 0.29) is 6.10 Å². The van der Waals surface area contributed by atoms with Crippen molar-refractivity contribution in [1.82, 2.24) is 9.88 Å². The summed E-state index contributed by atoms with van der Waals surface area (Å²) in [6.45, 7) is 3.21. The number of aliphatic hydroxyl groups is 1. The van der Waals surface area contributed by atoms with E-state index in [2.05, 4.69) is 9.88 Å². The maximum Gasteiger partial charge on any atom is 0.0667 e. The molecular weight excluding hydrogens is 202 g/mol. The molecule has 0 aliphatic carbocycles. The Bertz CT molecular complexity index is 343. The Morgan fingerprint density at radius 3 is 3.19 bits per heavy atom. The predicted octanol–water partition coefficient (Wildman–Crippen LogP) is 0.497. The topological polar surface area (TPSA) is 62.4 Å². The quantitative estimate of drug-likeness (QED) is 0.780. The number of nitrogens with two attached hydrogens (primary N) is 1. The van der Waals surface area contributed by atoms with Gasteiger partial charge in [0.15, 0.2) is 0 Å². The van der Waals surface area contributed by atoms with Crippen LogP contribution in [0.5, 0.6) is 0 Å². The van der Waals surface area contributed by atoms with Gasteiger partial charge in [-0.2, -0.15) is 0 Å². The molecule has 16 heavy (non-hydrogen) atoms. The summed E-state index contributed by atoms with van der Waals surface area (Å²) in [5, 5.41) is 9.58. The van der Waals surface area contributed by atoms with Gasteiger partial charge in [0, 0.05) is 25.8 Å². The van der Waals surface area contributed by atoms with Crippen LogP contribution >= 0.6 is 0 Å². The molecule has 1 aromatic heterocycles. The normalized spacial score (nSPS) is 22.2. The van der Waals surface area contributed by atoms with E-state index in [1.165, 1.54) is 5.56 Å². The molecule has 0 amide bonds. The average molecular weight is 221 g/mol. The number of piperidine rings is 1. The molecule has 2 rings (SSSR count). The first kappa shape index (κ1) is 11.5. The Morgan fingerprint density at radius 2 is 2.44 bits per heavy atom. The van der Waals surface area contributed by atoms with Crippen molar-refractivity contribution in [3.05, 3.63) is 29.6 Å². The molecular formula is C12H19N3O. The monoisotopic (exact) mass is 221 g/mol. The molecule has 0 spiro atoms. The number of rotatable bonds is 3. The van der Waals surface area contributed by atoms with Crippen molar-refractivity contribution in [3.8, 4) is 0 Å². The minimum absolute atomic E-state index is 0.162. The molecule has 0 saturated carbocycles. The van der Waals surface area contributed by atoms with E-state index < -0.39 is 0 Å². The molecule has 4 nitrogen and oxygen atoms in total. The Morgan fingerprint density at radius 1 is 1.56 bits per heavy atom. The lowest BCUT2D eigenvalue weighted by Gasteiger charge is -2.29. The van der Waals surface area contributed by atoms with Crippen LogP contribution in [0.15, 0.2) is 18.3 Å². The molecule has 1 fully saturated rings. The zero-order valence-corrected chi connectivity index (χ0v) is 9.47. The third-order valence-electron chi connectivity index (χ3n) is 2.98. The lowest BCUT2D eigenvalue weighted by Crippen LogP contribution is -2.37. The maximum atomic E-state index is 9.58. The highest BCUT2D eigenvalue weighted by atomic mass is 16.3. The molecule has 0 bridgehead atoms. The van der Waals surface area contributed by atoms with Crippen LogP contribution in [0.25, 0.3) is 0 Å². The third kappa shape index (κ3) is 3.01. The minimum Gasteiger partial charge on any atom is -0.392 e.